The van der Waals surface area contributed by atoms with Crippen molar-refractivity contribution in [3.8, 4) is 0 Å². The molecule has 2 aliphatic rings. The van der Waals surface area contributed by atoms with Gasteiger partial charge in [0.05, 0.1) is 7.11 Å². The summed E-state index contributed by atoms with van der Waals surface area (Å²) in [6.45, 7) is 6.63. The van der Waals surface area contributed by atoms with E-state index in [2.05, 4.69) is 26.6 Å². The van der Waals surface area contributed by atoms with Crippen LogP contribution in [-0.4, -0.2) is 90.4 Å². The molecule has 0 saturated carbocycles. The molecule has 0 spiro atoms. The van der Waals surface area contributed by atoms with Crippen LogP contribution >= 0.6 is 0 Å². The van der Waals surface area contributed by atoms with Gasteiger partial charge in [0, 0.05) is 13.0 Å². The molecule has 0 aliphatic carbocycles. The Balaban J connectivity index is 2.00. The number of carbonyl (C=O) groups is 6. The Hall–Kier alpha value is -4.00. The fourth-order valence-corrected chi connectivity index (χ4v) is 4.89. The summed E-state index contributed by atoms with van der Waals surface area (Å²) in [5, 5.41) is 13.5. The standard InChI is InChI=1S/C28H40N6O7/c1-15(2)21-26(38)33-22(29-17(4)28(40)41-5)27(39)34-13-9-12-20(34)25(37)31-19(14-18-10-7-6-8-11-18)24(36)30-16(3)23(35)32-21/h6-8,10-11,15-17,19-22,29H,9,12-14H2,1-5H3,(H,30,36)(H,31,37)(H,32,35)(H,33,38)/t16-,17+,19+,20+,21+,22+/m1/s1. The zero-order valence-corrected chi connectivity index (χ0v) is 24.1. The number of nitrogens with one attached hydrogen (secondary N) is 5. The molecule has 13 nitrogen and oxygen atoms in total. The van der Waals surface area contributed by atoms with Crippen LogP contribution in [0.15, 0.2) is 30.3 Å². The van der Waals surface area contributed by atoms with Gasteiger partial charge in [-0.25, -0.2) is 0 Å². The fraction of sp³-hybridized carbons (Fsp3) is 0.571. The third-order valence-electron chi connectivity index (χ3n) is 7.26. The Kier molecular flexibility index (Phi) is 10.8. The van der Waals surface area contributed by atoms with Gasteiger partial charge in [0.2, 0.25) is 23.6 Å². The fourth-order valence-electron chi connectivity index (χ4n) is 4.89. The highest BCUT2D eigenvalue weighted by Crippen LogP contribution is 2.19. The van der Waals surface area contributed by atoms with Crippen LogP contribution in [0.3, 0.4) is 0 Å². The number of nitrogens with zero attached hydrogens (tertiary/aromatic N) is 1. The predicted octanol–water partition coefficient (Wildman–Crippen LogP) is -1.04. The Bertz CT molecular complexity index is 1140. The van der Waals surface area contributed by atoms with Gasteiger partial charge in [0.15, 0.2) is 6.17 Å². The van der Waals surface area contributed by atoms with E-state index in [0.717, 1.165) is 5.56 Å². The molecule has 13 heteroatoms. The van der Waals surface area contributed by atoms with E-state index in [9.17, 15) is 28.8 Å². The van der Waals surface area contributed by atoms with Crippen molar-refractivity contribution < 1.29 is 33.5 Å². The van der Waals surface area contributed by atoms with E-state index < -0.39 is 71.9 Å². The van der Waals surface area contributed by atoms with Crippen LogP contribution in [-0.2, 0) is 39.9 Å². The van der Waals surface area contributed by atoms with Crippen LogP contribution in [0.1, 0.15) is 46.1 Å². The Morgan fingerprint density at radius 2 is 1.63 bits per heavy atom. The first-order valence-corrected chi connectivity index (χ1v) is 13.8. The SMILES string of the molecule is COC(=O)[C@H](C)N[C@H]1NC(=O)[C@H](C(C)C)NC(=O)[C@@H](C)NC(=O)[C@H](Cc2ccccc2)NC(=O)[C@@H]2CCCN2C1=O. The van der Waals surface area contributed by atoms with Crippen LogP contribution in [0.4, 0.5) is 0 Å². The van der Waals surface area contributed by atoms with Gasteiger partial charge in [-0.05, 0) is 38.2 Å². The van der Waals surface area contributed by atoms with Gasteiger partial charge in [0.25, 0.3) is 5.91 Å². The van der Waals surface area contributed by atoms with E-state index >= 15 is 0 Å². The maximum Gasteiger partial charge on any atom is 0.322 e. The summed E-state index contributed by atoms with van der Waals surface area (Å²) in [6, 6.07) is 4.08. The molecule has 1 aromatic rings. The number of hydrogen-bond donors (Lipinski definition) is 5. The van der Waals surface area contributed by atoms with E-state index in [0.29, 0.717) is 12.8 Å². The predicted molar refractivity (Wildman–Crippen MR) is 148 cm³/mol. The van der Waals surface area contributed by atoms with Crippen LogP contribution in [0, 0.1) is 5.92 Å². The quantitative estimate of drug-likeness (QED) is 0.269. The van der Waals surface area contributed by atoms with E-state index in [4.69, 9.17) is 4.74 Å². The number of amides is 5. The number of rotatable bonds is 6. The van der Waals surface area contributed by atoms with Gasteiger partial charge in [0.1, 0.15) is 30.2 Å². The second kappa shape index (κ2) is 14.1. The smallest absolute Gasteiger partial charge is 0.322 e. The highest BCUT2D eigenvalue weighted by atomic mass is 16.5. The van der Waals surface area contributed by atoms with Gasteiger partial charge in [-0.15, -0.1) is 0 Å². The normalized spacial score (nSPS) is 27.0. The first-order valence-electron chi connectivity index (χ1n) is 13.8. The third kappa shape index (κ3) is 8.03. The first-order chi connectivity index (χ1) is 19.4. The lowest BCUT2D eigenvalue weighted by Crippen LogP contribution is -2.64. The number of ether oxygens (including phenoxy) is 1. The molecule has 3 rings (SSSR count). The highest BCUT2D eigenvalue weighted by molar-refractivity contribution is 5.98. The Morgan fingerprint density at radius 3 is 2.27 bits per heavy atom. The van der Waals surface area contributed by atoms with Crippen LogP contribution in [0.25, 0.3) is 0 Å². The van der Waals surface area contributed by atoms with E-state index in [1.807, 2.05) is 30.3 Å². The molecule has 224 valence electrons. The van der Waals surface area contributed by atoms with Gasteiger partial charge < -0.3 is 30.9 Å². The molecule has 41 heavy (non-hydrogen) atoms. The second-order valence-electron chi connectivity index (χ2n) is 10.8. The zero-order chi connectivity index (χ0) is 30.3. The average molecular weight is 573 g/mol. The topological polar surface area (TPSA) is 175 Å². The molecular weight excluding hydrogens is 532 g/mol. The number of carbonyl (C=O) groups excluding carboxylic acids is 6. The summed E-state index contributed by atoms with van der Waals surface area (Å²) in [4.78, 5) is 80.5. The second-order valence-corrected chi connectivity index (χ2v) is 10.8. The van der Waals surface area contributed by atoms with Crippen molar-refractivity contribution in [3.63, 3.8) is 0 Å². The van der Waals surface area contributed by atoms with Crippen molar-refractivity contribution in [3.05, 3.63) is 35.9 Å². The molecule has 1 aromatic carbocycles. The minimum Gasteiger partial charge on any atom is -0.468 e. The van der Waals surface area contributed by atoms with E-state index in [1.54, 1.807) is 13.8 Å². The summed E-state index contributed by atoms with van der Waals surface area (Å²) in [6.07, 6.45) is -0.377. The molecule has 2 aliphatic heterocycles. The van der Waals surface area contributed by atoms with Crippen molar-refractivity contribution in [2.24, 2.45) is 5.92 Å². The maximum absolute atomic E-state index is 13.8. The third-order valence-corrected chi connectivity index (χ3v) is 7.26. The Labute approximate surface area is 239 Å². The number of fused-ring (bicyclic) bond motifs is 1. The lowest BCUT2D eigenvalue weighted by atomic mass is 10.0. The van der Waals surface area contributed by atoms with E-state index in [-0.39, 0.29) is 18.9 Å². The number of methoxy groups -OCH3 is 1. The van der Waals surface area contributed by atoms with Crippen LogP contribution < -0.4 is 26.6 Å². The molecule has 0 radical (unpaired) electrons. The number of hydrogen-bond acceptors (Lipinski definition) is 8. The summed E-state index contributed by atoms with van der Waals surface area (Å²) in [5.41, 5.74) is 0.790. The summed E-state index contributed by atoms with van der Waals surface area (Å²) < 4.78 is 4.76. The molecule has 6 atom stereocenters. The van der Waals surface area contributed by atoms with Gasteiger partial charge in [-0.3, -0.25) is 34.1 Å². The molecule has 2 fully saturated rings. The summed E-state index contributed by atoms with van der Waals surface area (Å²) in [7, 11) is 1.20. The molecule has 0 bridgehead atoms. The van der Waals surface area contributed by atoms with Gasteiger partial charge in [-0.2, -0.15) is 0 Å². The molecule has 2 heterocycles. The van der Waals surface area contributed by atoms with Gasteiger partial charge in [-0.1, -0.05) is 44.2 Å². The van der Waals surface area contributed by atoms with Crippen molar-refractivity contribution in [1.82, 2.24) is 31.5 Å². The van der Waals surface area contributed by atoms with Crippen LogP contribution in [0.2, 0.25) is 0 Å². The minimum absolute atomic E-state index is 0.156. The summed E-state index contributed by atoms with van der Waals surface area (Å²) >= 11 is 0. The largest absolute Gasteiger partial charge is 0.468 e. The molecule has 5 amide bonds. The number of esters is 1. The minimum atomic E-state index is -1.40. The Morgan fingerprint density at radius 1 is 0.951 bits per heavy atom. The monoisotopic (exact) mass is 572 g/mol. The molecular formula is C28H40N6O7. The average Bonchev–Trinajstić information content (AvgIpc) is 3.44. The highest BCUT2D eigenvalue weighted by Gasteiger charge is 2.41. The molecule has 5 N–H and O–H groups in total. The zero-order valence-electron chi connectivity index (χ0n) is 24.1. The number of benzene rings is 1. The van der Waals surface area contributed by atoms with Gasteiger partial charge >= 0.3 is 5.97 Å². The van der Waals surface area contributed by atoms with Crippen molar-refractivity contribution in [1.29, 1.82) is 0 Å². The summed E-state index contributed by atoms with van der Waals surface area (Å²) in [5.74, 6) is -4.09. The lowest BCUT2D eigenvalue weighted by Gasteiger charge is -2.32. The van der Waals surface area contributed by atoms with Crippen molar-refractivity contribution in [2.45, 2.75) is 83.3 Å². The van der Waals surface area contributed by atoms with Crippen molar-refractivity contribution >= 4 is 35.5 Å². The van der Waals surface area contributed by atoms with Crippen molar-refractivity contribution in [2.75, 3.05) is 13.7 Å². The molecule has 0 unspecified atom stereocenters. The molecule has 2 saturated heterocycles. The first kappa shape index (κ1) is 31.5. The molecule has 0 aromatic heterocycles. The maximum atomic E-state index is 13.8. The van der Waals surface area contributed by atoms with Crippen LogP contribution in [0.5, 0.6) is 0 Å². The lowest BCUT2D eigenvalue weighted by molar-refractivity contribution is -0.146. The van der Waals surface area contributed by atoms with E-state index in [1.165, 1.54) is 25.9 Å².